The molecular formula is C9H8N2O3S. The molecule has 1 aromatic rings. The molecule has 0 spiro atoms. The highest BCUT2D eigenvalue weighted by Gasteiger charge is 2.07. The fourth-order valence-corrected chi connectivity index (χ4v) is 0.996. The van der Waals surface area contributed by atoms with Gasteiger partial charge in [0.1, 0.15) is 0 Å². The average Bonchev–Trinajstić information content (AvgIpc) is 2.20. The molecule has 0 aromatic carbocycles. The van der Waals surface area contributed by atoms with Crippen LogP contribution in [0, 0.1) is 22.0 Å². The zero-order valence-electron chi connectivity index (χ0n) is 7.69. The summed E-state index contributed by atoms with van der Waals surface area (Å²) in [5.41, 5.74) is -0.497. The number of thiol groups is 1. The van der Waals surface area contributed by atoms with E-state index in [0.29, 0.717) is 12.2 Å². The third-order valence-corrected chi connectivity index (χ3v) is 1.78. The van der Waals surface area contributed by atoms with Crippen molar-refractivity contribution in [3.05, 3.63) is 38.3 Å². The van der Waals surface area contributed by atoms with Crippen molar-refractivity contribution in [3.8, 4) is 11.8 Å². The van der Waals surface area contributed by atoms with E-state index in [-0.39, 0.29) is 11.3 Å². The molecule has 0 radical (unpaired) electrons. The van der Waals surface area contributed by atoms with Crippen molar-refractivity contribution in [1.82, 2.24) is 4.98 Å². The summed E-state index contributed by atoms with van der Waals surface area (Å²) in [6.07, 6.45) is 1.58. The van der Waals surface area contributed by atoms with Gasteiger partial charge in [-0.2, -0.15) is 12.6 Å². The number of hydrogen-bond donors (Lipinski definition) is 2. The Labute approximate surface area is 91.1 Å². The highest BCUT2D eigenvalue weighted by atomic mass is 32.1. The van der Waals surface area contributed by atoms with Crippen molar-refractivity contribution in [2.75, 3.05) is 5.75 Å². The van der Waals surface area contributed by atoms with Gasteiger partial charge < -0.3 is 4.98 Å². The Morgan fingerprint density at radius 3 is 2.93 bits per heavy atom. The van der Waals surface area contributed by atoms with Gasteiger partial charge in [0, 0.05) is 18.2 Å². The second kappa shape index (κ2) is 5.22. The summed E-state index contributed by atoms with van der Waals surface area (Å²) in [5, 5.41) is 10.4. The molecule has 78 valence electrons. The van der Waals surface area contributed by atoms with Gasteiger partial charge in [0.25, 0.3) is 11.2 Å². The molecule has 0 aliphatic heterocycles. The van der Waals surface area contributed by atoms with Crippen LogP contribution >= 0.6 is 12.6 Å². The first kappa shape index (κ1) is 11.3. The van der Waals surface area contributed by atoms with Crippen LogP contribution in [0.4, 0.5) is 5.69 Å². The van der Waals surface area contributed by atoms with Gasteiger partial charge in [-0.05, 0) is 0 Å². The van der Waals surface area contributed by atoms with Gasteiger partial charge in [-0.3, -0.25) is 14.9 Å². The van der Waals surface area contributed by atoms with E-state index in [9.17, 15) is 14.9 Å². The maximum absolute atomic E-state index is 11.2. The van der Waals surface area contributed by atoms with Crippen LogP contribution in [0.1, 0.15) is 12.0 Å². The number of nitro groups is 1. The Hall–Kier alpha value is -1.74. The number of rotatable bonds is 2. The summed E-state index contributed by atoms with van der Waals surface area (Å²) in [6.45, 7) is 0. The smallest absolute Gasteiger partial charge is 0.286 e. The molecule has 0 aliphatic carbocycles. The molecule has 0 atom stereocenters. The Morgan fingerprint density at radius 2 is 2.33 bits per heavy atom. The summed E-state index contributed by atoms with van der Waals surface area (Å²) in [7, 11) is 0. The standard InChI is InChI=1S/C9H8N2O3S/c12-9-7(3-1-2-4-15)5-8(6-10-9)11(13)14/h5-6,15H,2,4H2,(H,10,12). The second-order valence-electron chi connectivity index (χ2n) is 2.63. The normalized spacial score (nSPS) is 9.13. The molecule has 0 fully saturated rings. The van der Waals surface area contributed by atoms with E-state index < -0.39 is 10.5 Å². The van der Waals surface area contributed by atoms with Crippen LogP contribution in [0.25, 0.3) is 0 Å². The largest absolute Gasteiger partial charge is 0.322 e. The maximum Gasteiger partial charge on any atom is 0.286 e. The Kier molecular flexibility index (Phi) is 3.94. The quantitative estimate of drug-likeness (QED) is 0.340. The van der Waals surface area contributed by atoms with E-state index >= 15 is 0 Å². The highest BCUT2D eigenvalue weighted by Crippen LogP contribution is 2.07. The summed E-state index contributed by atoms with van der Waals surface area (Å²) in [5.74, 6) is 5.83. The van der Waals surface area contributed by atoms with Gasteiger partial charge in [-0.1, -0.05) is 11.8 Å². The molecule has 0 saturated heterocycles. The van der Waals surface area contributed by atoms with Crippen molar-refractivity contribution in [2.24, 2.45) is 0 Å². The predicted molar refractivity (Wildman–Crippen MR) is 59.1 cm³/mol. The van der Waals surface area contributed by atoms with Crippen LogP contribution < -0.4 is 5.56 Å². The number of hydrogen-bond acceptors (Lipinski definition) is 4. The number of H-pyrrole nitrogens is 1. The maximum atomic E-state index is 11.2. The minimum absolute atomic E-state index is 0.103. The predicted octanol–water partition coefficient (Wildman–Crippen LogP) is 0.954. The van der Waals surface area contributed by atoms with Gasteiger partial charge in [-0.25, -0.2) is 0 Å². The lowest BCUT2D eigenvalue weighted by atomic mass is 10.2. The van der Waals surface area contributed by atoms with E-state index in [1.54, 1.807) is 0 Å². The summed E-state index contributed by atoms with van der Waals surface area (Å²) in [4.78, 5) is 23.3. The van der Waals surface area contributed by atoms with Crippen LogP contribution in [0.15, 0.2) is 17.1 Å². The van der Waals surface area contributed by atoms with Crippen molar-refractivity contribution < 1.29 is 4.92 Å². The first-order chi connectivity index (χ1) is 7.15. The van der Waals surface area contributed by atoms with Gasteiger partial charge in [0.2, 0.25) is 0 Å². The molecule has 15 heavy (non-hydrogen) atoms. The first-order valence-corrected chi connectivity index (χ1v) is 4.75. The van der Waals surface area contributed by atoms with Crippen molar-refractivity contribution in [3.63, 3.8) is 0 Å². The number of nitrogens with one attached hydrogen (secondary N) is 1. The molecular weight excluding hydrogens is 216 g/mol. The molecule has 1 heterocycles. The lowest BCUT2D eigenvalue weighted by molar-refractivity contribution is -0.385. The third-order valence-electron chi connectivity index (χ3n) is 1.56. The molecule has 0 unspecified atom stereocenters. The van der Waals surface area contributed by atoms with Crippen LogP contribution in [0.3, 0.4) is 0 Å². The molecule has 1 aromatic heterocycles. The Balaban J connectivity index is 3.08. The molecule has 6 heteroatoms. The molecule has 1 N–H and O–H groups in total. The Bertz CT molecular complexity index is 484. The fraction of sp³-hybridized carbons (Fsp3) is 0.222. The van der Waals surface area contributed by atoms with Gasteiger partial charge in [-0.15, -0.1) is 0 Å². The molecule has 0 bridgehead atoms. The summed E-state index contributed by atoms with van der Waals surface area (Å²) in [6, 6.07) is 1.16. The first-order valence-electron chi connectivity index (χ1n) is 4.12. The van der Waals surface area contributed by atoms with Crippen LogP contribution in [-0.2, 0) is 0 Å². The van der Waals surface area contributed by atoms with E-state index in [4.69, 9.17) is 0 Å². The van der Waals surface area contributed by atoms with E-state index in [2.05, 4.69) is 29.5 Å². The lowest BCUT2D eigenvalue weighted by Gasteiger charge is -1.91. The zero-order chi connectivity index (χ0) is 11.3. The number of aromatic nitrogens is 1. The zero-order valence-corrected chi connectivity index (χ0v) is 8.58. The fourth-order valence-electron chi connectivity index (χ4n) is 0.884. The van der Waals surface area contributed by atoms with Crippen LogP contribution in [0.2, 0.25) is 0 Å². The number of nitrogens with zero attached hydrogens (tertiary/aromatic N) is 1. The SMILES string of the molecule is O=c1[nH]cc([N+](=O)[O-])cc1C#CCCS. The van der Waals surface area contributed by atoms with Gasteiger partial charge in [0.15, 0.2) is 0 Å². The monoisotopic (exact) mass is 224 g/mol. The molecule has 0 saturated carbocycles. The lowest BCUT2D eigenvalue weighted by Crippen LogP contribution is -2.09. The van der Waals surface area contributed by atoms with Crippen molar-refractivity contribution in [2.45, 2.75) is 6.42 Å². The summed E-state index contributed by atoms with van der Waals surface area (Å²) >= 11 is 3.95. The van der Waals surface area contributed by atoms with Crippen molar-refractivity contribution >= 4 is 18.3 Å². The number of pyridine rings is 1. The van der Waals surface area contributed by atoms with Gasteiger partial charge in [0.05, 0.1) is 16.7 Å². The second-order valence-corrected chi connectivity index (χ2v) is 3.08. The van der Waals surface area contributed by atoms with Crippen LogP contribution in [0.5, 0.6) is 0 Å². The van der Waals surface area contributed by atoms with Gasteiger partial charge >= 0.3 is 0 Å². The summed E-state index contributed by atoms with van der Waals surface area (Å²) < 4.78 is 0. The molecule has 0 amide bonds. The van der Waals surface area contributed by atoms with E-state index in [1.807, 2.05) is 0 Å². The number of aromatic amines is 1. The van der Waals surface area contributed by atoms with Crippen molar-refractivity contribution in [1.29, 1.82) is 0 Å². The molecule has 0 aliphatic rings. The highest BCUT2D eigenvalue weighted by molar-refractivity contribution is 7.80. The van der Waals surface area contributed by atoms with Crippen LogP contribution in [-0.4, -0.2) is 15.7 Å². The molecule has 5 nitrogen and oxygen atoms in total. The minimum atomic E-state index is -0.584. The van der Waals surface area contributed by atoms with E-state index in [0.717, 1.165) is 12.3 Å². The third kappa shape index (κ3) is 3.14. The minimum Gasteiger partial charge on any atom is -0.322 e. The average molecular weight is 224 g/mol. The Morgan fingerprint density at radius 1 is 1.60 bits per heavy atom. The topological polar surface area (TPSA) is 76.0 Å². The van der Waals surface area contributed by atoms with E-state index in [1.165, 1.54) is 0 Å². The molecule has 1 rings (SSSR count).